The van der Waals surface area contributed by atoms with Gasteiger partial charge in [0.15, 0.2) is 0 Å². The van der Waals surface area contributed by atoms with Gasteiger partial charge in [-0.25, -0.2) is 0 Å². The van der Waals surface area contributed by atoms with Crippen molar-refractivity contribution in [2.24, 2.45) is 7.05 Å². The summed E-state index contributed by atoms with van der Waals surface area (Å²) in [5.74, 6) is 0.967. The monoisotopic (exact) mass is 276 g/mol. The smallest absolute Gasteiger partial charge is 0.149 e. The Hall–Kier alpha value is -1.39. The Morgan fingerprint density at radius 3 is 2.89 bits per heavy atom. The predicted octanol–water partition coefficient (Wildman–Crippen LogP) is 2.29. The Kier molecular flexibility index (Phi) is 3.29. The van der Waals surface area contributed by atoms with Gasteiger partial charge < -0.3 is 9.88 Å². The molecule has 2 atom stereocenters. The molecule has 19 heavy (non-hydrogen) atoms. The van der Waals surface area contributed by atoms with Gasteiger partial charge in [0.25, 0.3) is 0 Å². The van der Waals surface area contributed by atoms with Gasteiger partial charge in [-0.2, -0.15) is 0 Å². The lowest BCUT2D eigenvalue weighted by molar-refractivity contribution is 0.444. The summed E-state index contributed by atoms with van der Waals surface area (Å²) in [4.78, 5) is 0. The normalized spacial score (nSPS) is 19.4. The zero-order chi connectivity index (χ0) is 13.4. The second-order valence-corrected chi connectivity index (χ2v) is 5.64. The first-order chi connectivity index (χ1) is 9.13. The first-order valence-corrected chi connectivity index (χ1v) is 6.88. The predicted molar refractivity (Wildman–Crippen MR) is 75.2 cm³/mol. The standard InChI is InChI=1S/C14H17ClN4/c1-9(14-18-16-8-19(14)2)17-13-6-10-3-4-12(15)5-11(10)7-13/h3-5,8-9,13,17H,6-7H2,1-2H3. The van der Waals surface area contributed by atoms with Crippen LogP contribution in [0.4, 0.5) is 0 Å². The van der Waals surface area contributed by atoms with Gasteiger partial charge in [0.2, 0.25) is 0 Å². The highest BCUT2D eigenvalue weighted by Gasteiger charge is 2.24. The summed E-state index contributed by atoms with van der Waals surface area (Å²) >= 11 is 6.04. The van der Waals surface area contributed by atoms with Gasteiger partial charge >= 0.3 is 0 Å². The summed E-state index contributed by atoms with van der Waals surface area (Å²) in [6.07, 6.45) is 3.81. The Morgan fingerprint density at radius 2 is 2.16 bits per heavy atom. The van der Waals surface area contributed by atoms with Crippen molar-refractivity contribution in [3.05, 3.63) is 46.5 Å². The topological polar surface area (TPSA) is 42.7 Å². The molecule has 3 rings (SSSR count). The maximum Gasteiger partial charge on any atom is 0.149 e. The van der Waals surface area contributed by atoms with Crippen LogP contribution in [0.2, 0.25) is 5.02 Å². The number of benzene rings is 1. The minimum atomic E-state index is 0.197. The zero-order valence-electron chi connectivity index (χ0n) is 11.1. The fraction of sp³-hybridized carbons (Fsp3) is 0.429. The average Bonchev–Trinajstić information content (AvgIpc) is 2.94. The largest absolute Gasteiger partial charge is 0.319 e. The van der Waals surface area contributed by atoms with Crippen LogP contribution in [0.15, 0.2) is 24.5 Å². The molecule has 0 radical (unpaired) electrons. The first-order valence-electron chi connectivity index (χ1n) is 6.50. The van der Waals surface area contributed by atoms with Gasteiger partial charge in [-0.05, 0) is 43.0 Å². The molecular formula is C14H17ClN4. The maximum atomic E-state index is 6.04. The van der Waals surface area contributed by atoms with Crippen LogP contribution in [-0.2, 0) is 19.9 Å². The van der Waals surface area contributed by atoms with E-state index in [1.807, 2.05) is 17.7 Å². The van der Waals surface area contributed by atoms with Gasteiger partial charge in [-0.15, -0.1) is 10.2 Å². The Balaban J connectivity index is 1.69. The van der Waals surface area contributed by atoms with E-state index in [0.717, 1.165) is 23.7 Å². The molecule has 2 aromatic rings. The second-order valence-electron chi connectivity index (χ2n) is 5.21. The molecule has 1 aromatic heterocycles. The second kappa shape index (κ2) is 4.94. The summed E-state index contributed by atoms with van der Waals surface area (Å²) in [5.41, 5.74) is 2.75. The molecule has 5 heteroatoms. The van der Waals surface area contributed by atoms with Crippen molar-refractivity contribution >= 4 is 11.6 Å². The van der Waals surface area contributed by atoms with Gasteiger partial charge in [-0.3, -0.25) is 0 Å². The minimum Gasteiger partial charge on any atom is -0.319 e. The van der Waals surface area contributed by atoms with Crippen LogP contribution < -0.4 is 5.32 Å². The quantitative estimate of drug-likeness (QED) is 0.935. The highest BCUT2D eigenvalue weighted by Crippen LogP contribution is 2.26. The molecule has 1 aromatic carbocycles. The van der Waals surface area contributed by atoms with E-state index in [4.69, 9.17) is 11.6 Å². The average molecular weight is 277 g/mol. The number of aryl methyl sites for hydroxylation is 1. The lowest BCUT2D eigenvalue weighted by Gasteiger charge is -2.18. The number of nitrogens with zero attached hydrogens (tertiary/aromatic N) is 3. The third kappa shape index (κ3) is 2.51. The lowest BCUT2D eigenvalue weighted by Crippen LogP contribution is -2.33. The van der Waals surface area contributed by atoms with Crippen LogP contribution in [0.3, 0.4) is 0 Å². The van der Waals surface area contributed by atoms with Crippen molar-refractivity contribution in [3.63, 3.8) is 0 Å². The molecule has 100 valence electrons. The molecule has 1 aliphatic rings. The molecule has 0 aliphatic heterocycles. The molecule has 0 bridgehead atoms. The number of hydrogen-bond donors (Lipinski definition) is 1. The van der Waals surface area contributed by atoms with Gasteiger partial charge in [0.05, 0.1) is 6.04 Å². The molecule has 0 amide bonds. The molecule has 0 saturated carbocycles. The molecule has 0 spiro atoms. The zero-order valence-corrected chi connectivity index (χ0v) is 11.9. The Bertz CT molecular complexity index is 593. The van der Waals surface area contributed by atoms with E-state index in [1.165, 1.54) is 11.1 Å². The van der Waals surface area contributed by atoms with Crippen molar-refractivity contribution in [3.8, 4) is 0 Å². The minimum absolute atomic E-state index is 0.197. The van der Waals surface area contributed by atoms with Crippen molar-refractivity contribution in [2.45, 2.75) is 31.8 Å². The molecule has 1 N–H and O–H groups in total. The molecule has 2 unspecified atom stereocenters. The summed E-state index contributed by atoms with van der Waals surface area (Å²) in [6, 6.07) is 6.81. The van der Waals surface area contributed by atoms with Crippen LogP contribution >= 0.6 is 11.6 Å². The first kappa shape index (κ1) is 12.6. The number of nitrogens with one attached hydrogen (secondary N) is 1. The van der Waals surface area contributed by atoms with E-state index in [1.54, 1.807) is 6.33 Å². The molecule has 1 heterocycles. The maximum absolute atomic E-state index is 6.04. The fourth-order valence-corrected chi connectivity index (χ4v) is 3.01. The Morgan fingerprint density at radius 1 is 1.37 bits per heavy atom. The highest BCUT2D eigenvalue weighted by atomic mass is 35.5. The van der Waals surface area contributed by atoms with Gasteiger partial charge in [0.1, 0.15) is 12.2 Å². The van der Waals surface area contributed by atoms with E-state index in [2.05, 4.69) is 34.6 Å². The fourth-order valence-electron chi connectivity index (χ4n) is 2.82. The SMILES string of the molecule is CC(NC1Cc2ccc(Cl)cc2C1)c1nncn1C. The third-order valence-corrected chi connectivity index (χ3v) is 3.96. The van der Waals surface area contributed by atoms with E-state index in [-0.39, 0.29) is 6.04 Å². The van der Waals surface area contributed by atoms with Gasteiger partial charge in [-0.1, -0.05) is 17.7 Å². The van der Waals surface area contributed by atoms with Crippen LogP contribution in [0.1, 0.15) is 29.9 Å². The number of aromatic nitrogens is 3. The van der Waals surface area contributed by atoms with Crippen LogP contribution in [0, 0.1) is 0 Å². The summed E-state index contributed by atoms with van der Waals surface area (Å²) in [5, 5.41) is 12.5. The number of halogens is 1. The van der Waals surface area contributed by atoms with Crippen molar-refractivity contribution in [2.75, 3.05) is 0 Å². The van der Waals surface area contributed by atoms with Crippen molar-refractivity contribution < 1.29 is 0 Å². The molecule has 0 saturated heterocycles. The van der Waals surface area contributed by atoms with Gasteiger partial charge in [0, 0.05) is 18.1 Å². The van der Waals surface area contributed by atoms with Crippen LogP contribution in [0.25, 0.3) is 0 Å². The van der Waals surface area contributed by atoms with E-state index in [9.17, 15) is 0 Å². The molecule has 1 aliphatic carbocycles. The third-order valence-electron chi connectivity index (χ3n) is 3.72. The summed E-state index contributed by atoms with van der Waals surface area (Å²) in [6.45, 7) is 2.12. The summed E-state index contributed by atoms with van der Waals surface area (Å²) < 4.78 is 1.95. The molecule has 4 nitrogen and oxygen atoms in total. The number of fused-ring (bicyclic) bond motifs is 1. The number of hydrogen-bond acceptors (Lipinski definition) is 3. The van der Waals surface area contributed by atoms with Crippen LogP contribution in [-0.4, -0.2) is 20.8 Å². The molecular weight excluding hydrogens is 260 g/mol. The van der Waals surface area contributed by atoms with E-state index >= 15 is 0 Å². The summed E-state index contributed by atoms with van der Waals surface area (Å²) in [7, 11) is 1.97. The number of rotatable bonds is 3. The molecule has 0 fully saturated rings. The van der Waals surface area contributed by atoms with E-state index < -0.39 is 0 Å². The lowest BCUT2D eigenvalue weighted by atomic mass is 10.1. The Labute approximate surface area is 117 Å². The van der Waals surface area contributed by atoms with Crippen LogP contribution in [0.5, 0.6) is 0 Å². The van der Waals surface area contributed by atoms with E-state index in [0.29, 0.717) is 6.04 Å². The van der Waals surface area contributed by atoms with Crippen molar-refractivity contribution in [1.82, 2.24) is 20.1 Å². The highest BCUT2D eigenvalue weighted by molar-refractivity contribution is 6.30. The van der Waals surface area contributed by atoms with Crippen molar-refractivity contribution in [1.29, 1.82) is 0 Å².